The van der Waals surface area contributed by atoms with Gasteiger partial charge in [-0.1, -0.05) is 42.5 Å². The van der Waals surface area contributed by atoms with Gasteiger partial charge < -0.3 is 25.4 Å². The smallest absolute Gasteiger partial charge is 0.407 e. The molecule has 4 amide bonds. The first-order valence-corrected chi connectivity index (χ1v) is 12.0. The minimum Gasteiger partial charge on any atom is -0.497 e. The average molecular weight is 521 g/mol. The van der Waals surface area contributed by atoms with Gasteiger partial charge in [0.2, 0.25) is 11.8 Å². The fourth-order valence-electron chi connectivity index (χ4n) is 3.20. The molecule has 2 atom stereocenters. The zero-order valence-electron chi connectivity index (χ0n) is 19.0. The molecule has 1 saturated heterocycles. The molecule has 4 N–H and O–H groups in total. The Balaban J connectivity index is 1.53. The zero-order chi connectivity index (χ0) is 26.3. The van der Waals surface area contributed by atoms with E-state index in [0.717, 1.165) is 0 Å². The summed E-state index contributed by atoms with van der Waals surface area (Å²) in [5.41, 5.74) is 1.08. The van der Waals surface area contributed by atoms with Gasteiger partial charge in [0, 0.05) is 0 Å². The van der Waals surface area contributed by atoms with E-state index in [1.54, 1.807) is 54.6 Å². The molecule has 1 fully saturated rings. The fourth-order valence-corrected chi connectivity index (χ4v) is 3.89. The van der Waals surface area contributed by atoms with Crippen molar-refractivity contribution in [2.75, 3.05) is 20.2 Å². The molecule has 2 aromatic carbocycles. The molecule has 36 heavy (non-hydrogen) atoms. The van der Waals surface area contributed by atoms with E-state index in [1.807, 2.05) is 0 Å². The number of rotatable bonds is 10. The Hall–Kier alpha value is -4.17. The number of alkyl carbamates (subject to hydrolysis) is 1. The minimum absolute atomic E-state index is 0.0392. The maximum absolute atomic E-state index is 12.8. The number of ether oxygens (including phenoxy) is 2. The summed E-state index contributed by atoms with van der Waals surface area (Å²) in [6.45, 7) is -0.986. The van der Waals surface area contributed by atoms with Gasteiger partial charge in [0.25, 0.3) is 5.91 Å². The Labute approximate surface area is 206 Å². The lowest BCUT2D eigenvalue weighted by Gasteiger charge is -2.36. The predicted molar refractivity (Wildman–Crippen MR) is 124 cm³/mol. The molecule has 14 heteroatoms. The van der Waals surface area contributed by atoms with Crippen molar-refractivity contribution in [2.24, 2.45) is 0 Å². The Morgan fingerprint density at radius 3 is 2.36 bits per heavy atom. The minimum atomic E-state index is -4.71. The standard InChI is InChI=1S/C22H24N4O9S/c1-34-16-9-7-14(8-10-16)13-35-22(30)23-11-18(27)25-19(15-5-3-2-4-6-15)20(28)24-17-12-26(21(17)29)36(31,32)33/h2-10,17,19H,11-13H2,1H3,(H,23,30)(H,24,28)(H,25,27)(H,31,32,33)/t17-,19?/m0/s1. The SMILES string of the molecule is COc1ccc(COC(=O)NCC(=O)NC(C(=O)N[C@H]2CN(S(=O)(=O)O)C2=O)c2ccccc2)cc1. The molecule has 13 nitrogen and oxygen atoms in total. The van der Waals surface area contributed by atoms with Crippen molar-refractivity contribution in [1.29, 1.82) is 0 Å². The second-order valence-electron chi connectivity index (χ2n) is 7.60. The second-order valence-corrected chi connectivity index (χ2v) is 8.93. The van der Waals surface area contributed by atoms with Crippen LogP contribution in [0, 0.1) is 0 Å². The van der Waals surface area contributed by atoms with Gasteiger partial charge >= 0.3 is 16.4 Å². The Morgan fingerprint density at radius 2 is 1.78 bits per heavy atom. The molecule has 0 spiro atoms. The van der Waals surface area contributed by atoms with E-state index in [4.69, 9.17) is 14.0 Å². The summed E-state index contributed by atoms with van der Waals surface area (Å²) in [5.74, 6) is -1.87. The van der Waals surface area contributed by atoms with Crippen LogP contribution in [-0.4, -0.2) is 67.3 Å². The van der Waals surface area contributed by atoms with Crippen LogP contribution in [0.1, 0.15) is 17.2 Å². The molecule has 1 unspecified atom stereocenters. The molecule has 0 radical (unpaired) electrons. The number of benzene rings is 2. The van der Waals surface area contributed by atoms with Crippen LogP contribution in [0.3, 0.4) is 0 Å². The highest BCUT2D eigenvalue weighted by molar-refractivity contribution is 7.84. The van der Waals surface area contributed by atoms with Gasteiger partial charge in [0.1, 0.15) is 31.0 Å². The second kappa shape index (κ2) is 11.5. The van der Waals surface area contributed by atoms with Gasteiger partial charge in [-0.2, -0.15) is 8.42 Å². The molecule has 192 valence electrons. The number of β-lactam (4-membered cyclic amide) rings is 1. The number of nitrogens with one attached hydrogen (secondary N) is 3. The molecular weight excluding hydrogens is 496 g/mol. The molecular formula is C22H24N4O9S. The van der Waals surface area contributed by atoms with Gasteiger partial charge in [-0.15, -0.1) is 0 Å². The molecule has 0 bridgehead atoms. The van der Waals surface area contributed by atoms with E-state index in [-0.39, 0.29) is 10.9 Å². The third kappa shape index (κ3) is 6.93. The van der Waals surface area contributed by atoms with E-state index in [1.165, 1.54) is 7.11 Å². The number of amides is 4. The van der Waals surface area contributed by atoms with Crippen molar-refractivity contribution in [2.45, 2.75) is 18.7 Å². The van der Waals surface area contributed by atoms with E-state index in [2.05, 4.69) is 16.0 Å². The van der Waals surface area contributed by atoms with Crippen molar-refractivity contribution in [1.82, 2.24) is 20.3 Å². The maximum atomic E-state index is 12.8. The molecule has 0 aliphatic carbocycles. The van der Waals surface area contributed by atoms with Crippen LogP contribution in [0.15, 0.2) is 54.6 Å². The Morgan fingerprint density at radius 1 is 1.11 bits per heavy atom. The van der Waals surface area contributed by atoms with Gasteiger partial charge in [-0.05, 0) is 23.3 Å². The summed E-state index contributed by atoms with van der Waals surface area (Å²) in [4.78, 5) is 49.1. The molecule has 0 saturated carbocycles. The van der Waals surface area contributed by atoms with E-state index in [9.17, 15) is 27.6 Å². The number of hydrogen-bond acceptors (Lipinski definition) is 8. The first-order valence-electron chi connectivity index (χ1n) is 10.6. The highest BCUT2D eigenvalue weighted by Crippen LogP contribution is 2.18. The van der Waals surface area contributed by atoms with Crippen LogP contribution in [-0.2, 0) is 36.0 Å². The summed E-state index contributed by atoms with van der Waals surface area (Å²) in [7, 11) is -3.18. The number of methoxy groups -OCH3 is 1. The fraction of sp³-hybridized carbons (Fsp3) is 0.273. The van der Waals surface area contributed by atoms with Crippen LogP contribution >= 0.6 is 0 Å². The lowest BCUT2D eigenvalue weighted by molar-refractivity contribution is -0.141. The van der Waals surface area contributed by atoms with E-state index in [0.29, 0.717) is 16.9 Å². The van der Waals surface area contributed by atoms with Gasteiger partial charge in [-0.3, -0.25) is 18.9 Å². The zero-order valence-corrected chi connectivity index (χ0v) is 19.9. The Kier molecular flexibility index (Phi) is 8.45. The highest BCUT2D eigenvalue weighted by atomic mass is 32.2. The van der Waals surface area contributed by atoms with E-state index >= 15 is 0 Å². The third-order valence-corrected chi connectivity index (χ3v) is 6.00. The molecule has 2 aromatic rings. The van der Waals surface area contributed by atoms with Crippen molar-refractivity contribution >= 4 is 34.1 Å². The molecule has 1 aliphatic rings. The first kappa shape index (κ1) is 26.4. The molecule has 1 heterocycles. The lowest BCUT2D eigenvalue weighted by Crippen LogP contribution is -2.66. The monoisotopic (exact) mass is 520 g/mol. The van der Waals surface area contributed by atoms with Crippen molar-refractivity contribution in [3.63, 3.8) is 0 Å². The normalized spacial score (nSPS) is 15.8. The van der Waals surface area contributed by atoms with Crippen LogP contribution in [0.5, 0.6) is 5.75 Å². The van der Waals surface area contributed by atoms with E-state index < -0.39 is 59.3 Å². The average Bonchev–Trinajstić information content (AvgIpc) is 2.86. The van der Waals surface area contributed by atoms with Crippen LogP contribution in [0.2, 0.25) is 0 Å². The largest absolute Gasteiger partial charge is 0.497 e. The highest BCUT2D eigenvalue weighted by Gasteiger charge is 2.45. The quantitative estimate of drug-likeness (QED) is 0.246. The molecule has 1 aliphatic heterocycles. The molecule has 3 rings (SSSR count). The van der Waals surface area contributed by atoms with Gasteiger partial charge in [0.15, 0.2) is 0 Å². The summed E-state index contributed by atoms with van der Waals surface area (Å²) >= 11 is 0. The van der Waals surface area contributed by atoms with Crippen LogP contribution in [0.25, 0.3) is 0 Å². The topological polar surface area (TPSA) is 180 Å². The maximum Gasteiger partial charge on any atom is 0.407 e. The molecule has 0 aromatic heterocycles. The first-order chi connectivity index (χ1) is 17.1. The summed E-state index contributed by atoms with van der Waals surface area (Å²) < 4.78 is 41.4. The summed E-state index contributed by atoms with van der Waals surface area (Å²) in [6, 6.07) is 12.5. The lowest BCUT2D eigenvalue weighted by atomic mass is 10.0. The summed E-state index contributed by atoms with van der Waals surface area (Å²) in [5, 5.41) is 7.08. The number of nitrogens with zero attached hydrogens (tertiary/aromatic N) is 1. The van der Waals surface area contributed by atoms with Crippen molar-refractivity contribution in [3.8, 4) is 5.75 Å². The Bertz CT molecular complexity index is 1220. The van der Waals surface area contributed by atoms with Crippen LogP contribution < -0.4 is 20.7 Å². The number of carbonyl (C=O) groups excluding carboxylic acids is 4. The van der Waals surface area contributed by atoms with Gasteiger partial charge in [-0.25, -0.2) is 9.10 Å². The number of hydrogen-bond donors (Lipinski definition) is 4. The van der Waals surface area contributed by atoms with Crippen molar-refractivity contribution in [3.05, 3.63) is 65.7 Å². The van der Waals surface area contributed by atoms with Gasteiger partial charge in [0.05, 0.1) is 13.7 Å². The van der Waals surface area contributed by atoms with Crippen LogP contribution in [0.4, 0.5) is 4.79 Å². The number of carbonyl (C=O) groups is 4. The third-order valence-electron chi connectivity index (χ3n) is 5.11. The summed E-state index contributed by atoms with van der Waals surface area (Å²) in [6.07, 6.45) is -0.855. The predicted octanol–water partition coefficient (Wildman–Crippen LogP) is -0.0913. The van der Waals surface area contributed by atoms with Crippen molar-refractivity contribution < 1.29 is 41.6 Å².